The minimum Gasteiger partial charge on any atom is -0.489 e. The molecule has 1 aromatic heterocycles. The number of aromatic nitrogens is 1. The van der Waals surface area contributed by atoms with Crippen molar-refractivity contribution in [2.24, 2.45) is 0 Å². The Bertz CT molecular complexity index is 620. The van der Waals surface area contributed by atoms with Crippen molar-refractivity contribution in [2.45, 2.75) is 33.3 Å². The van der Waals surface area contributed by atoms with Crippen molar-refractivity contribution in [2.75, 3.05) is 0 Å². The molecule has 1 N–H and O–H groups in total. The highest BCUT2D eigenvalue weighted by Gasteiger charge is 2.11. The molecule has 2 rings (SSSR count). The van der Waals surface area contributed by atoms with Crippen LogP contribution in [-0.4, -0.2) is 22.2 Å². The van der Waals surface area contributed by atoms with E-state index in [9.17, 15) is 4.79 Å². The van der Waals surface area contributed by atoms with Gasteiger partial charge in [0.1, 0.15) is 11.3 Å². The topological polar surface area (TPSA) is 59.4 Å². The average Bonchev–Trinajstić information content (AvgIpc) is 2.28. The first kappa shape index (κ1) is 13.3. The number of pyridine rings is 1. The lowest BCUT2D eigenvalue weighted by Gasteiger charge is -2.13. The molecule has 0 saturated heterocycles. The maximum absolute atomic E-state index is 10.8. The van der Waals surface area contributed by atoms with Gasteiger partial charge in [0, 0.05) is 5.39 Å². The molecule has 0 fully saturated rings. The predicted molar refractivity (Wildman–Crippen MR) is 73.6 cm³/mol. The van der Waals surface area contributed by atoms with Gasteiger partial charge in [-0.2, -0.15) is 0 Å². The van der Waals surface area contributed by atoms with Gasteiger partial charge in [-0.25, -0.2) is 4.98 Å². The lowest BCUT2D eigenvalue weighted by atomic mass is 10.1. The fraction of sp³-hybridized carbons (Fsp3) is 0.333. The van der Waals surface area contributed by atoms with E-state index in [1.807, 2.05) is 45.0 Å². The summed E-state index contributed by atoms with van der Waals surface area (Å²) >= 11 is 0. The molecule has 1 aromatic carbocycles. The summed E-state index contributed by atoms with van der Waals surface area (Å²) in [4.78, 5) is 15.2. The second kappa shape index (κ2) is 5.26. The lowest BCUT2D eigenvalue weighted by Crippen LogP contribution is -2.08. The van der Waals surface area contributed by atoms with E-state index in [4.69, 9.17) is 9.84 Å². The maximum Gasteiger partial charge on any atom is 0.309 e. The molecule has 0 aliphatic carbocycles. The highest BCUT2D eigenvalue weighted by atomic mass is 16.5. The van der Waals surface area contributed by atoms with Gasteiger partial charge in [0.05, 0.1) is 18.2 Å². The minimum atomic E-state index is -0.881. The SMILES string of the molecule is Cc1cc(CC(=O)O)nc2c(OC(C)C)cccc12. The van der Waals surface area contributed by atoms with E-state index in [-0.39, 0.29) is 12.5 Å². The Hall–Kier alpha value is -2.10. The first-order valence-corrected chi connectivity index (χ1v) is 6.25. The van der Waals surface area contributed by atoms with Crippen LogP contribution in [0.5, 0.6) is 5.75 Å². The average molecular weight is 259 g/mol. The van der Waals surface area contributed by atoms with Crippen molar-refractivity contribution in [3.63, 3.8) is 0 Å². The molecule has 0 saturated carbocycles. The summed E-state index contributed by atoms with van der Waals surface area (Å²) in [5.41, 5.74) is 2.29. The number of hydrogen-bond donors (Lipinski definition) is 1. The van der Waals surface area contributed by atoms with Crippen LogP contribution in [0.2, 0.25) is 0 Å². The molecule has 0 aliphatic heterocycles. The number of hydrogen-bond acceptors (Lipinski definition) is 3. The smallest absolute Gasteiger partial charge is 0.309 e. The van der Waals surface area contributed by atoms with Crippen molar-refractivity contribution in [3.05, 3.63) is 35.5 Å². The van der Waals surface area contributed by atoms with Gasteiger partial charge < -0.3 is 9.84 Å². The van der Waals surface area contributed by atoms with Crippen LogP contribution >= 0.6 is 0 Å². The van der Waals surface area contributed by atoms with Crippen LogP contribution < -0.4 is 4.74 Å². The van der Waals surface area contributed by atoms with Crippen LogP contribution in [-0.2, 0) is 11.2 Å². The van der Waals surface area contributed by atoms with E-state index in [2.05, 4.69) is 4.98 Å². The molecule has 0 atom stereocenters. The van der Waals surface area contributed by atoms with Gasteiger partial charge in [0.25, 0.3) is 0 Å². The lowest BCUT2D eigenvalue weighted by molar-refractivity contribution is -0.136. The monoisotopic (exact) mass is 259 g/mol. The number of ether oxygens (including phenoxy) is 1. The number of aryl methyl sites for hydroxylation is 1. The maximum atomic E-state index is 10.8. The van der Waals surface area contributed by atoms with Crippen molar-refractivity contribution in [1.29, 1.82) is 0 Å². The zero-order valence-electron chi connectivity index (χ0n) is 11.3. The Morgan fingerprint density at radius 1 is 1.42 bits per heavy atom. The first-order valence-electron chi connectivity index (χ1n) is 6.25. The van der Waals surface area contributed by atoms with Crippen LogP contribution in [0.1, 0.15) is 25.1 Å². The van der Waals surface area contributed by atoms with Gasteiger partial charge in [-0.05, 0) is 38.5 Å². The van der Waals surface area contributed by atoms with Crippen molar-refractivity contribution in [3.8, 4) is 5.75 Å². The molecule has 0 spiro atoms. The minimum absolute atomic E-state index is 0.0517. The largest absolute Gasteiger partial charge is 0.489 e. The number of fused-ring (bicyclic) bond motifs is 1. The van der Waals surface area contributed by atoms with E-state index in [1.54, 1.807) is 0 Å². The van der Waals surface area contributed by atoms with E-state index >= 15 is 0 Å². The Balaban J connectivity index is 2.58. The third-order valence-electron chi connectivity index (χ3n) is 2.76. The zero-order valence-corrected chi connectivity index (χ0v) is 11.3. The van der Waals surface area contributed by atoms with Crippen LogP contribution in [0.15, 0.2) is 24.3 Å². The van der Waals surface area contributed by atoms with Gasteiger partial charge in [-0.3, -0.25) is 4.79 Å². The van der Waals surface area contributed by atoms with E-state index in [0.29, 0.717) is 11.4 Å². The number of carbonyl (C=O) groups is 1. The van der Waals surface area contributed by atoms with Crippen molar-refractivity contribution in [1.82, 2.24) is 4.98 Å². The first-order chi connectivity index (χ1) is 8.97. The summed E-state index contributed by atoms with van der Waals surface area (Å²) in [7, 11) is 0. The van der Waals surface area contributed by atoms with Gasteiger partial charge in [-0.15, -0.1) is 0 Å². The van der Waals surface area contributed by atoms with E-state index in [0.717, 1.165) is 16.5 Å². The van der Waals surface area contributed by atoms with Crippen LogP contribution in [0.25, 0.3) is 10.9 Å². The van der Waals surface area contributed by atoms with E-state index in [1.165, 1.54) is 0 Å². The molecule has 19 heavy (non-hydrogen) atoms. The van der Waals surface area contributed by atoms with Crippen LogP contribution in [0.4, 0.5) is 0 Å². The Labute approximate surface area is 112 Å². The molecule has 2 aromatic rings. The van der Waals surface area contributed by atoms with Crippen molar-refractivity contribution >= 4 is 16.9 Å². The highest BCUT2D eigenvalue weighted by molar-refractivity contribution is 5.88. The van der Waals surface area contributed by atoms with Gasteiger partial charge in [0.2, 0.25) is 0 Å². The fourth-order valence-corrected chi connectivity index (χ4v) is 2.05. The van der Waals surface area contributed by atoms with Gasteiger partial charge >= 0.3 is 5.97 Å². The summed E-state index contributed by atoms with van der Waals surface area (Å²) in [6.45, 7) is 5.86. The quantitative estimate of drug-likeness (QED) is 0.917. The Morgan fingerprint density at radius 2 is 2.16 bits per heavy atom. The second-order valence-electron chi connectivity index (χ2n) is 4.82. The number of aliphatic carboxylic acids is 1. The summed E-state index contributed by atoms with van der Waals surface area (Å²) in [5, 5.41) is 9.87. The zero-order chi connectivity index (χ0) is 14.0. The second-order valence-corrected chi connectivity index (χ2v) is 4.82. The van der Waals surface area contributed by atoms with Gasteiger partial charge in [-0.1, -0.05) is 12.1 Å². The molecular formula is C15H17NO3. The molecule has 100 valence electrons. The van der Waals surface area contributed by atoms with Gasteiger partial charge in [0.15, 0.2) is 0 Å². The molecule has 0 bridgehead atoms. The standard InChI is InChI=1S/C15H17NO3/c1-9(2)19-13-6-4-5-12-10(3)7-11(8-14(17)18)16-15(12)13/h4-7,9H,8H2,1-3H3,(H,17,18). The molecule has 1 heterocycles. The Morgan fingerprint density at radius 3 is 2.79 bits per heavy atom. The number of carboxylic acid groups (broad SMARTS) is 1. The number of carboxylic acids is 1. The molecule has 0 amide bonds. The summed E-state index contributed by atoms with van der Waals surface area (Å²) in [6.07, 6.45) is -0.0249. The molecule has 0 aliphatic rings. The van der Waals surface area contributed by atoms with E-state index < -0.39 is 5.97 Å². The third-order valence-corrected chi connectivity index (χ3v) is 2.76. The molecule has 4 nitrogen and oxygen atoms in total. The number of rotatable bonds is 4. The van der Waals surface area contributed by atoms with Crippen LogP contribution in [0.3, 0.4) is 0 Å². The summed E-state index contributed by atoms with van der Waals surface area (Å²) in [5.74, 6) is -0.184. The third kappa shape index (κ3) is 3.02. The number of para-hydroxylation sites is 1. The fourth-order valence-electron chi connectivity index (χ4n) is 2.05. The number of nitrogens with zero attached hydrogens (tertiary/aromatic N) is 1. The molecular weight excluding hydrogens is 242 g/mol. The normalized spacial score (nSPS) is 10.9. The highest BCUT2D eigenvalue weighted by Crippen LogP contribution is 2.27. The summed E-state index contributed by atoms with van der Waals surface area (Å²) < 4.78 is 5.73. The molecule has 4 heteroatoms. The van der Waals surface area contributed by atoms with Crippen molar-refractivity contribution < 1.29 is 14.6 Å². The Kier molecular flexibility index (Phi) is 3.69. The number of benzene rings is 1. The predicted octanol–water partition coefficient (Wildman–Crippen LogP) is 2.96. The summed E-state index contributed by atoms with van der Waals surface area (Å²) in [6, 6.07) is 7.57. The van der Waals surface area contributed by atoms with Crippen LogP contribution in [0, 0.1) is 6.92 Å². The molecule has 0 unspecified atom stereocenters. The molecule has 0 radical (unpaired) electrons.